The van der Waals surface area contributed by atoms with Crippen molar-refractivity contribution < 1.29 is 22.7 Å². The van der Waals surface area contributed by atoms with Crippen LogP contribution in [0.15, 0.2) is 42.5 Å². The minimum atomic E-state index is -3.79. The zero-order valence-corrected chi connectivity index (χ0v) is 19.5. The molecule has 0 spiro atoms. The first-order valence-electron chi connectivity index (χ1n) is 9.52. The maximum atomic E-state index is 12.9. The summed E-state index contributed by atoms with van der Waals surface area (Å²) < 4.78 is 37.2. The van der Waals surface area contributed by atoms with E-state index in [1.54, 1.807) is 42.5 Å². The Morgan fingerprint density at radius 1 is 1.12 bits per heavy atom. The van der Waals surface area contributed by atoms with Gasteiger partial charge in [-0.2, -0.15) is 0 Å². The van der Waals surface area contributed by atoms with E-state index in [-0.39, 0.29) is 5.13 Å². The second-order valence-corrected chi connectivity index (χ2v) is 10.2. The summed E-state index contributed by atoms with van der Waals surface area (Å²) in [5.74, 6) is 0.394. The number of anilines is 2. The molecule has 32 heavy (non-hydrogen) atoms. The van der Waals surface area contributed by atoms with Crippen LogP contribution in [0.1, 0.15) is 6.92 Å². The Morgan fingerprint density at radius 3 is 2.50 bits per heavy atom. The molecule has 12 heteroatoms. The van der Waals surface area contributed by atoms with Crippen molar-refractivity contribution in [3.8, 4) is 22.1 Å². The number of sulfonamides is 1. The number of hydrogen-bond acceptors (Lipinski definition) is 8. The Balaban J connectivity index is 1.55. The third-order valence-electron chi connectivity index (χ3n) is 4.62. The van der Waals surface area contributed by atoms with Crippen LogP contribution < -0.4 is 19.1 Å². The van der Waals surface area contributed by atoms with Gasteiger partial charge < -0.3 is 9.47 Å². The molecule has 0 saturated carbocycles. The minimum absolute atomic E-state index is 0.252. The second kappa shape index (κ2) is 8.93. The number of halogens is 1. The monoisotopic (exact) mass is 494 g/mol. The van der Waals surface area contributed by atoms with Crippen LogP contribution in [-0.2, 0) is 14.8 Å². The Labute approximate surface area is 194 Å². The summed E-state index contributed by atoms with van der Waals surface area (Å²) in [5, 5.41) is 12.2. The fraction of sp³-hybridized carbons (Fsp3) is 0.250. The third kappa shape index (κ3) is 4.79. The van der Waals surface area contributed by atoms with Crippen molar-refractivity contribution in [2.75, 3.05) is 29.1 Å². The molecule has 0 radical (unpaired) electrons. The summed E-state index contributed by atoms with van der Waals surface area (Å²) in [6.45, 7) is 2.27. The largest absolute Gasteiger partial charge is 0.486 e. The van der Waals surface area contributed by atoms with Crippen LogP contribution >= 0.6 is 22.9 Å². The third-order valence-corrected chi connectivity index (χ3v) is 7.00. The van der Waals surface area contributed by atoms with E-state index in [0.717, 1.165) is 16.1 Å². The fourth-order valence-corrected chi connectivity index (χ4v) is 5.22. The van der Waals surface area contributed by atoms with Crippen molar-refractivity contribution in [3.05, 3.63) is 47.5 Å². The molecule has 1 aliphatic heterocycles. The number of hydrogen-bond donors (Lipinski definition) is 1. The van der Waals surface area contributed by atoms with Gasteiger partial charge in [0.15, 0.2) is 11.5 Å². The van der Waals surface area contributed by atoms with Crippen LogP contribution in [-0.4, -0.2) is 50.0 Å². The van der Waals surface area contributed by atoms with Gasteiger partial charge in [0.2, 0.25) is 21.1 Å². The molecule has 0 unspecified atom stereocenters. The molecule has 0 bridgehead atoms. The molecular weight excluding hydrogens is 476 g/mol. The average molecular weight is 495 g/mol. The van der Waals surface area contributed by atoms with Gasteiger partial charge in [0.25, 0.3) is 0 Å². The van der Waals surface area contributed by atoms with E-state index >= 15 is 0 Å². The number of rotatable bonds is 6. The molecule has 0 aliphatic carbocycles. The normalized spacial score (nSPS) is 14.0. The molecule has 2 heterocycles. The summed E-state index contributed by atoms with van der Waals surface area (Å²) in [5.41, 5.74) is 1.09. The summed E-state index contributed by atoms with van der Waals surface area (Å²) in [7, 11) is -3.79. The number of fused-ring (bicyclic) bond motifs is 1. The molecular formula is C20H19ClN4O5S2. The van der Waals surface area contributed by atoms with E-state index in [9.17, 15) is 13.2 Å². The highest BCUT2D eigenvalue weighted by Crippen LogP contribution is 2.35. The molecule has 1 N–H and O–H groups in total. The minimum Gasteiger partial charge on any atom is -0.486 e. The van der Waals surface area contributed by atoms with Crippen LogP contribution in [0, 0.1) is 0 Å². The number of nitrogens with one attached hydrogen (secondary N) is 1. The first-order chi connectivity index (χ1) is 15.2. The van der Waals surface area contributed by atoms with Crippen LogP contribution in [0.3, 0.4) is 0 Å². The molecule has 1 atom stereocenters. The van der Waals surface area contributed by atoms with Gasteiger partial charge in [0.1, 0.15) is 24.3 Å². The lowest BCUT2D eigenvalue weighted by Gasteiger charge is -2.29. The predicted molar refractivity (Wildman–Crippen MR) is 123 cm³/mol. The summed E-state index contributed by atoms with van der Waals surface area (Å²) in [6.07, 6.45) is 1.04. The molecule has 3 aromatic rings. The van der Waals surface area contributed by atoms with Gasteiger partial charge in [0, 0.05) is 16.7 Å². The highest BCUT2D eigenvalue weighted by atomic mass is 35.5. The highest BCUT2D eigenvalue weighted by Gasteiger charge is 2.31. The first kappa shape index (κ1) is 22.3. The van der Waals surface area contributed by atoms with Gasteiger partial charge in [-0.15, -0.1) is 10.2 Å². The topological polar surface area (TPSA) is 111 Å². The van der Waals surface area contributed by atoms with E-state index in [4.69, 9.17) is 21.1 Å². The molecule has 0 saturated heterocycles. The number of ether oxygens (including phenoxy) is 2. The Morgan fingerprint density at radius 2 is 1.81 bits per heavy atom. The Bertz CT molecular complexity index is 1250. The van der Waals surface area contributed by atoms with E-state index in [0.29, 0.717) is 40.4 Å². The summed E-state index contributed by atoms with van der Waals surface area (Å²) in [6, 6.07) is 10.7. The lowest BCUT2D eigenvalue weighted by Crippen LogP contribution is -2.45. The Hall–Kier alpha value is -2.89. The number of carbonyl (C=O) groups excluding carboxylic acids is 1. The first-order valence-corrected chi connectivity index (χ1v) is 12.6. The van der Waals surface area contributed by atoms with Crippen molar-refractivity contribution in [2.24, 2.45) is 0 Å². The standard InChI is InChI=1S/C20H19ClN4O5S2/c1-12(18(26)22-20-24-23-19(31-20)13-3-5-14(21)6-4-13)25(32(2,27)28)15-7-8-16-17(11-15)30-10-9-29-16/h3-8,11-12H,9-10H2,1-2H3,(H,22,24,26)/t12-/m0/s1. The maximum Gasteiger partial charge on any atom is 0.249 e. The van der Waals surface area contributed by atoms with Gasteiger partial charge in [-0.25, -0.2) is 8.42 Å². The van der Waals surface area contributed by atoms with E-state index in [1.807, 2.05) is 0 Å². The molecule has 1 aliphatic rings. The molecule has 1 amide bonds. The molecule has 2 aromatic carbocycles. The number of benzene rings is 2. The van der Waals surface area contributed by atoms with Gasteiger partial charge in [-0.1, -0.05) is 35.1 Å². The van der Waals surface area contributed by atoms with Gasteiger partial charge in [-0.05, 0) is 31.2 Å². The zero-order valence-electron chi connectivity index (χ0n) is 17.1. The van der Waals surface area contributed by atoms with Gasteiger partial charge in [0.05, 0.1) is 11.9 Å². The molecule has 4 rings (SSSR count). The quantitative estimate of drug-likeness (QED) is 0.558. The fourth-order valence-electron chi connectivity index (χ4n) is 3.17. The number of nitrogens with zero attached hydrogens (tertiary/aromatic N) is 3. The van der Waals surface area contributed by atoms with Crippen molar-refractivity contribution in [1.82, 2.24) is 10.2 Å². The summed E-state index contributed by atoms with van der Waals surface area (Å²) in [4.78, 5) is 12.9. The van der Waals surface area contributed by atoms with Crippen LogP contribution in [0.4, 0.5) is 10.8 Å². The predicted octanol–water partition coefficient (Wildman–Crippen LogP) is 3.42. The Kier molecular flexibility index (Phi) is 6.22. The van der Waals surface area contributed by atoms with Crippen molar-refractivity contribution in [3.63, 3.8) is 0 Å². The van der Waals surface area contributed by atoms with Crippen molar-refractivity contribution in [1.29, 1.82) is 0 Å². The van der Waals surface area contributed by atoms with E-state index in [2.05, 4.69) is 15.5 Å². The van der Waals surface area contributed by atoms with E-state index < -0.39 is 22.0 Å². The molecule has 168 valence electrons. The zero-order chi connectivity index (χ0) is 22.9. The molecule has 1 aromatic heterocycles. The van der Waals surface area contributed by atoms with Gasteiger partial charge >= 0.3 is 0 Å². The lowest BCUT2D eigenvalue weighted by atomic mass is 10.2. The maximum absolute atomic E-state index is 12.9. The highest BCUT2D eigenvalue weighted by molar-refractivity contribution is 7.92. The second-order valence-electron chi connectivity index (χ2n) is 6.97. The lowest BCUT2D eigenvalue weighted by molar-refractivity contribution is -0.116. The number of aromatic nitrogens is 2. The van der Waals surface area contributed by atoms with Gasteiger partial charge in [-0.3, -0.25) is 14.4 Å². The van der Waals surface area contributed by atoms with Crippen LogP contribution in [0.5, 0.6) is 11.5 Å². The molecule has 0 fully saturated rings. The van der Waals surface area contributed by atoms with Crippen LogP contribution in [0.2, 0.25) is 5.02 Å². The number of amides is 1. The average Bonchev–Trinajstić information content (AvgIpc) is 3.21. The summed E-state index contributed by atoms with van der Waals surface area (Å²) >= 11 is 7.08. The van der Waals surface area contributed by atoms with Crippen molar-refractivity contribution in [2.45, 2.75) is 13.0 Å². The van der Waals surface area contributed by atoms with E-state index in [1.165, 1.54) is 18.3 Å². The number of carbonyl (C=O) groups is 1. The molecule has 9 nitrogen and oxygen atoms in total. The van der Waals surface area contributed by atoms with Crippen LogP contribution in [0.25, 0.3) is 10.6 Å². The smallest absolute Gasteiger partial charge is 0.249 e. The van der Waals surface area contributed by atoms with Crippen molar-refractivity contribution >= 4 is 49.7 Å². The SMILES string of the molecule is C[C@@H](C(=O)Nc1nnc(-c2ccc(Cl)cc2)s1)N(c1ccc2c(c1)OCCO2)S(C)(=O)=O.